The van der Waals surface area contributed by atoms with Gasteiger partial charge < -0.3 is 24.6 Å². The first kappa shape index (κ1) is 22.8. The Kier molecular flexibility index (Phi) is 6.40. The van der Waals surface area contributed by atoms with Crippen LogP contribution in [0.15, 0.2) is 11.6 Å². The van der Waals surface area contributed by atoms with Crippen molar-refractivity contribution in [3.05, 3.63) is 33.9 Å². The summed E-state index contributed by atoms with van der Waals surface area (Å²) >= 11 is 0. The number of carbonyl (C=O) groups excluding carboxylic acids is 2. The van der Waals surface area contributed by atoms with Gasteiger partial charge in [0, 0.05) is 30.0 Å². The maximum absolute atomic E-state index is 12.4. The Morgan fingerprint density at radius 2 is 2.06 bits per heavy atom. The van der Waals surface area contributed by atoms with Gasteiger partial charge in [0.1, 0.15) is 17.9 Å². The van der Waals surface area contributed by atoms with Gasteiger partial charge >= 0.3 is 17.9 Å². The summed E-state index contributed by atoms with van der Waals surface area (Å²) in [5, 5.41) is 12.9. The zero-order chi connectivity index (χ0) is 22.9. The van der Waals surface area contributed by atoms with Gasteiger partial charge in [0.15, 0.2) is 5.75 Å². The number of hydrogen-bond donors (Lipinski definition) is 2. The van der Waals surface area contributed by atoms with E-state index in [0.717, 1.165) is 17.7 Å². The highest BCUT2D eigenvalue weighted by Crippen LogP contribution is 2.44. The summed E-state index contributed by atoms with van der Waals surface area (Å²) in [6.07, 6.45) is 3.01. The molecule has 0 aliphatic carbocycles. The normalized spacial score (nSPS) is 22.6. The molecule has 2 atom stereocenters. The molecule has 8 heteroatoms. The molecule has 31 heavy (non-hydrogen) atoms. The second kappa shape index (κ2) is 8.70. The highest BCUT2D eigenvalue weighted by atomic mass is 16.6. The van der Waals surface area contributed by atoms with Crippen LogP contribution in [-0.2, 0) is 27.4 Å². The van der Waals surface area contributed by atoms with Crippen LogP contribution in [-0.4, -0.2) is 43.2 Å². The zero-order valence-electron chi connectivity index (χ0n) is 18.6. The smallest absolute Gasteiger partial charge is 0.342 e. The summed E-state index contributed by atoms with van der Waals surface area (Å²) in [6, 6.07) is 0. The van der Waals surface area contributed by atoms with E-state index in [0.29, 0.717) is 36.3 Å². The van der Waals surface area contributed by atoms with E-state index in [1.165, 1.54) is 14.0 Å². The van der Waals surface area contributed by atoms with E-state index >= 15 is 0 Å². The van der Waals surface area contributed by atoms with Crippen LogP contribution in [0.3, 0.4) is 0 Å². The predicted molar refractivity (Wildman–Crippen MR) is 112 cm³/mol. The molecule has 0 radical (unpaired) electrons. The first-order valence-corrected chi connectivity index (χ1v) is 10.3. The number of benzene rings is 1. The molecule has 0 amide bonds. The fourth-order valence-corrected chi connectivity index (χ4v) is 4.50. The van der Waals surface area contributed by atoms with Crippen LogP contribution < -0.4 is 14.8 Å². The highest BCUT2D eigenvalue weighted by Gasteiger charge is 2.41. The van der Waals surface area contributed by atoms with Gasteiger partial charge in [-0.05, 0) is 31.9 Å². The minimum atomic E-state index is -0.855. The van der Waals surface area contributed by atoms with Crippen molar-refractivity contribution in [1.29, 1.82) is 0 Å². The number of ether oxygens (including phenoxy) is 3. The van der Waals surface area contributed by atoms with Gasteiger partial charge in [-0.15, -0.1) is 0 Å². The van der Waals surface area contributed by atoms with Crippen LogP contribution in [0, 0.1) is 18.3 Å². The molecule has 2 N–H and O–H groups in total. The monoisotopic (exact) mass is 431 g/mol. The van der Waals surface area contributed by atoms with Crippen molar-refractivity contribution in [3.63, 3.8) is 0 Å². The number of methoxy groups -OCH3 is 1. The number of fused-ring (bicyclic) bond motifs is 1. The van der Waals surface area contributed by atoms with E-state index in [-0.39, 0.29) is 17.9 Å². The van der Waals surface area contributed by atoms with Gasteiger partial charge in [-0.25, -0.2) is 4.79 Å². The molecule has 0 aromatic heterocycles. The molecule has 1 fully saturated rings. The summed E-state index contributed by atoms with van der Waals surface area (Å²) in [7, 11) is 1.53. The van der Waals surface area contributed by atoms with Crippen LogP contribution in [0.2, 0.25) is 0 Å². The van der Waals surface area contributed by atoms with E-state index in [1.54, 1.807) is 6.92 Å². The molecule has 0 bridgehead atoms. The fourth-order valence-electron chi connectivity index (χ4n) is 4.50. The maximum atomic E-state index is 12.4. The summed E-state index contributed by atoms with van der Waals surface area (Å²) in [4.78, 5) is 36.0. The maximum Gasteiger partial charge on any atom is 0.342 e. The number of carbonyl (C=O) groups is 3. The minimum absolute atomic E-state index is 0.103. The molecule has 0 spiro atoms. The van der Waals surface area contributed by atoms with Crippen molar-refractivity contribution in [2.45, 2.75) is 47.1 Å². The van der Waals surface area contributed by atoms with Crippen LogP contribution in [0.5, 0.6) is 11.5 Å². The number of esters is 2. The van der Waals surface area contributed by atoms with E-state index in [9.17, 15) is 19.5 Å². The average Bonchev–Trinajstić information content (AvgIpc) is 3.10. The van der Waals surface area contributed by atoms with E-state index in [4.69, 9.17) is 14.2 Å². The number of piperidine rings is 1. The van der Waals surface area contributed by atoms with Gasteiger partial charge in [-0.3, -0.25) is 9.59 Å². The molecular formula is C23H29NO7. The SMILES string of the molecule is COc1c(C)c2c(c(OC(C)=O)c1CC=C1CCNC[C@@]1(C)C(C)C(=O)O)C(=O)OC2. The summed E-state index contributed by atoms with van der Waals surface area (Å²) in [5.41, 5.74) is 2.69. The fraction of sp³-hybridized carbons (Fsp3) is 0.522. The van der Waals surface area contributed by atoms with E-state index in [2.05, 4.69) is 5.32 Å². The molecule has 1 aromatic rings. The first-order chi connectivity index (χ1) is 14.6. The second-order valence-electron chi connectivity index (χ2n) is 8.33. The largest absolute Gasteiger partial charge is 0.496 e. The molecule has 2 aliphatic heterocycles. The lowest BCUT2D eigenvalue weighted by molar-refractivity contribution is -0.144. The summed E-state index contributed by atoms with van der Waals surface area (Å²) in [6.45, 7) is 8.18. The average molecular weight is 431 g/mol. The quantitative estimate of drug-likeness (QED) is 0.402. The van der Waals surface area contributed by atoms with E-state index in [1.807, 2.05) is 19.9 Å². The predicted octanol–water partition coefficient (Wildman–Crippen LogP) is 2.79. The lowest BCUT2D eigenvalue weighted by Crippen LogP contribution is -2.46. The van der Waals surface area contributed by atoms with Gasteiger partial charge in [0.25, 0.3) is 0 Å². The number of carboxylic acid groups (broad SMARTS) is 1. The van der Waals surface area contributed by atoms with Gasteiger partial charge in [-0.2, -0.15) is 0 Å². The second-order valence-corrected chi connectivity index (χ2v) is 8.33. The lowest BCUT2D eigenvalue weighted by Gasteiger charge is -2.40. The molecule has 1 aromatic carbocycles. The molecule has 2 aliphatic rings. The van der Waals surface area contributed by atoms with Gasteiger partial charge in [0.05, 0.1) is 13.0 Å². The number of aliphatic carboxylic acids is 1. The van der Waals surface area contributed by atoms with Crippen molar-refractivity contribution < 1.29 is 33.7 Å². The topological polar surface area (TPSA) is 111 Å². The summed E-state index contributed by atoms with van der Waals surface area (Å²) in [5.74, 6) is -1.83. The molecule has 3 rings (SSSR count). The van der Waals surface area contributed by atoms with Crippen LogP contribution in [0.25, 0.3) is 0 Å². The third-order valence-electron chi connectivity index (χ3n) is 6.55. The van der Waals surface area contributed by atoms with Crippen molar-refractivity contribution in [2.75, 3.05) is 20.2 Å². The molecule has 168 valence electrons. The summed E-state index contributed by atoms with van der Waals surface area (Å²) < 4.78 is 16.3. The standard InChI is InChI=1S/C23H29NO7/c1-12-17-10-30-22(28)18(17)20(31-14(3)25)16(19(12)29-5)7-6-15-8-9-24-11-23(15,4)13(2)21(26)27/h6,13,24H,7-11H2,1-5H3,(H,26,27)/t13?,23-/m0/s1. The van der Waals surface area contributed by atoms with Crippen LogP contribution in [0.1, 0.15) is 54.2 Å². The molecule has 1 unspecified atom stereocenters. The molecule has 2 heterocycles. The highest BCUT2D eigenvalue weighted by molar-refractivity contribution is 5.99. The van der Waals surface area contributed by atoms with Crippen molar-refractivity contribution >= 4 is 17.9 Å². The Hall–Kier alpha value is -2.87. The first-order valence-electron chi connectivity index (χ1n) is 10.3. The Balaban J connectivity index is 2.13. The number of cyclic esters (lactones) is 1. The van der Waals surface area contributed by atoms with Crippen LogP contribution >= 0.6 is 0 Å². The number of allylic oxidation sites excluding steroid dienone is 1. The Labute approximate surface area is 181 Å². The third kappa shape index (κ3) is 4.04. The molecule has 1 saturated heterocycles. The van der Waals surface area contributed by atoms with Crippen molar-refractivity contribution in [3.8, 4) is 11.5 Å². The Morgan fingerprint density at radius 3 is 2.68 bits per heavy atom. The third-order valence-corrected chi connectivity index (χ3v) is 6.55. The molecule has 0 saturated carbocycles. The van der Waals surface area contributed by atoms with E-state index < -0.39 is 29.2 Å². The number of hydrogen-bond acceptors (Lipinski definition) is 7. The Morgan fingerprint density at radius 1 is 1.35 bits per heavy atom. The number of carboxylic acids is 1. The minimum Gasteiger partial charge on any atom is -0.496 e. The van der Waals surface area contributed by atoms with Gasteiger partial charge in [-0.1, -0.05) is 25.5 Å². The van der Waals surface area contributed by atoms with Crippen LogP contribution in [0.4, 0.5) is 0 Å². The number of rotatable bonds is 6. The van der Waals surface area contributed by atoms with Crippen molar-refractivity contribution in [1.82, 2.24) is 5.32 Å². The van der Waals surface area contributed by atoms with Crippen molar-refractivity contribution in [2.24, 2.45) is 11.3 Å². The Bertz CT molecular complexity index is 965. The molecular weight excluding hydrogens is 402 g/mol. The number of nitrogens with one attached hydrogen (secondary N) is 1. The zero-order valence-corrected chi connectivity index (χ0v) is 18.6. The van der Waals surface area contributed by atoms with Gasteiger partial charge in [0.2, 0.25) is 0 Å². The molecule has 8 nitrogen and oxygen atoms in total. The lowest BCUT2D eigenvalue weighted by atomic mass is 9.69.